The molecule has 1 aromatic carbocycles. The number of methoxy groups -OCH3 is 1. The highest BCUT2D eigenvalue weighted by Gasteiger charge is 2.32. The van der Waals surface area contributed by atoms with Gasteiger partial charge in [-0.1, -0.05) is 37.0 Å². The quantitative estimate of drug-likeness (QED) is 0.406. The number of rotatable bonds is 11. The molecule has 2 N–H and O–H groups in total. The summed E-state index contributed by atoms with van der Waals surface area (Å²) in [5, 5.41) is 13.4. The van der Waals surface area contributed by atoms with Crippen molar-refractivity contribution >= 4 is 35.1 Å². The van der Waals surface area contributed by atoms with Crippen LogP contribution in [0.15, 0.2) is 30.5 Å². The number of nitrogens with one attached hydrogen (secondary N) is 1. The Hall–Kier alpha value is -2.71. The molecule has 0 aliphatic heterocycles. The zero-order chi connectivity index (χ0) is 25.4. The smallest absolute Gasteiger partial charge is 0.328 e. The minimum atomic E-state index is -1.01. The molecule has 0 fully saturated rings. The highest BCUT2D eigenvalue weighted by molar-refractivity contribution is 6.35. The lowest BCUT2D eigenvalue weighted by Crippen LogP contribution is -2.45. The Morgan fingerprint density at radius 2 is 1.79 bits per heavy atom. The van der Waals surface area contributed by atoms with E-state index in [1.54, 1.807) is 25.1 Å². The Morgan fingerprint density at radius 3 is 2.38 bits per heavy atom. The lowest BCUT2D eigenvalue weighted by Gasteiger charge is -2.32. The van der Waals surface area contributed by atoms with Crippen molar-refractivity contribution in [2.45, 2.75) is 58.8 Å². The van der Waals surface area contributed by atoms with E-state index in [1.165, 1.54) is 26.3 Å². The van der Waals surface area contributed by atoms with Crippen LogP contribution in [-0.2, 0) is 9.53 Å². The molecule has 0 radical (unpaired) electrons. The van der Waals surface area contributed by atoms with Crippen molar-refractivity contribution in [1.29, 1.82) is 0 Å². The van der Waals surface area contributed by atoms with Gasteiger partial charge in [-0.05, 0) is 50.8 Å². The SMILES string of the molecule is CCC(CC)[C@H](Oc1ccc(Cl)cc1Cl)[C@H](C)OC(=O)[C@H](C)NC(=O)c1nccc(OC)c1O. The number of nitrogens with zero attached hydrogens (tertiary/aromatic N) is 1. The second-order valence-corrected chi connectivity index (χ2v) is 8.63. The third kappa shape index (κ3) is 6.90. The van der Waals surface area contributed by atoms with Gasteiger partial charge in [-0.25, -0.2) is 9.78 Å². The molecule has 0 saturated heterocycles. The maximum atomic E-state index is 12.8. The zero-order valence-electron chi connectivity index (χ0n) is 19.8. The minimum Gasteiger partial charge on any atom is -0.503 e. The lowest BCUT2D eigenvalue weighted by molar-refractivity contribution is -0.156. The Kier molecular flexibility index (Phi) is 10.3. The van der Waals surface area contributed by atoms with E-state index >= 15 is 0 Å². The fourth-order valence-corrected chi connectivity index (χ4v) is 3.94. The summed E-state index contributed by atoms with van der Waals surface area (Å²) >= 11 is 12.3. The third-order valence-corrected chi connectivity index (χ3v) is 5.99. The maximum absolute atomic E-state index is 12.8. The van der Waals surface area contributed by atoms with E-state index in [9.17, 15) is 14.7 Å². The Balaban J connectivity index is 2.12. The topological polar surface area (TPSA) is 107 Å². The largest absolute Gasteiger partial charge is 0.503 e. The maximum Gasteiger partial charge on any atom is 0.328 e. The van der Waals surface area contributed by atoms with Gasteiger partial charge in [0, 0.05) is 17.3 Å². The molecule has 1 amide bonds. The van der Waals surface area contributed by atoms with Crippen LogP contribution in [0.1, 0.15) is 51.0 Å². The van der Waals surface area contributed by atoms with Crippen molar-refractivity contribution in [2.24, 2.45) is 5.92 Å². The number of pyridine rings is 1. The Labute approximate surface area is 209 Å². The summed E-state index contributed by atoms with van der Waals surface area (Å²) in [7, 11) is 1.35. The molecular weight excluding hydrogens is 483 g/mol. The van der Waals surface area contributed by atoms with Crippen molar-refractivity contribution in [3.05, 3.63) is 46.2 Å². The summed E-state index contributed by atoms with van der Waals surface area (Å²) in [6, 6.07) is 5.33. The van der Waals surface area contributed by atoms with Gasteiger partial charge in [0.25, 0.3) is 5.91 Å². The van der Waals surface area contributed by atoms with Crippen LogP contribution in [0.4, 0.5) is 0 Å². The normalized spacial score (nSPS) is 13.6. The first-order valence-electron chi connectivity index (χ1n) is 11.0. The van der Waals surface area contributed by atoms with Crippen molar-refractivity contribution < 1.29 is 28.9 Å². The number of aromatic hydroxyl groups is 1. The Bertz CT molecular complexity index is 999. The molecule has 2 rings (SSSR count). The number of esters is 1. The van der Waals surface area contributed by atoms with Crippen LogP contribution in [0, 0.1) is 5.92 Å². The molecule has 0 aliphatic rings. The highest BCUT2D eigenvalue weighted by atomic mass is 35.5. The predicted octanol–water partition coefficient (Wildman–Crippen LogP) is 5.04. The van der Waals surface area contributed by atoms with Crippen LogP contribution >= 0.6 is 23.2 Å². The van der Waals surface area contributed by atoms with Gasteiger partial charge in [-0.15, -0.1) is 0 Å². The standard InChI is InChI=1S/C24H30Cl2N2O6/c1-6-15(7-2)22(34-18-9-8-16(25)12-17(18)26)14(4)33-24(31)13(3)28-23(30)20-21(29)19(32-5)10-11-27-20/h8-15,22,29H,6-7H2,1-5H3,(H,28,30)/t13-,14-,22+/m0/s1. The van der Waals surface area contributed by atoms with Crippen LogP contribution in [0.3, 0.4) is 0 Å². The molecule has 186 valence electrons. The van der Waals surface area contributed by atoms with E-state index in [4.69, 9.17) is 37.4 Å². The first-order chi connectivity index (χ1) is 16.1. The second-order valence-electron chi connectivity index (χ2n) is 7.78. The fraction of sp³-hybridized carbons (Fsp3) is 0.458. The van der Waals surface area contributed by atoms with E-state index in [0.717, 1.165) is 12.8 Å². The summed E-state index contributed by atoms with van der Waals surface area (Å²) in [4.78, 5) is 29.1. The molecule has 0 unspecified atom stereocenters. The van der Waals surface area contributed by atoms with Crippen LogP contribution in [0.25, 0.3) is 0 Å². The summed E-state index contributed by atoms with van der Waals surface area (Å²) < 4.78 is 16.8. The van der Waals surface area contributed by atoms with E-state index in [-0.39, 0.29) is 17.4 Å². The van der Waals surface area contributed by atoms with Gasteiger partial charge in [0.15, 0.2) is 17.2 Å². The molecule has 0 spiro atoms. The van der Waals surface area contributed by atoms with Crippen LogP contribution < -0.4 is 14.8 Å². The number of hydrogen-bond donors (Lipinski definition) is 2. The monoisotopic (exact) mass is 512 g/mol. The first-order valence-corrected chi connectivity index (χ1v) is 11.7. The van der Waals surface area contributed by atoms with Crippen molar-refractivity contribution in [2.75, 3.05) is 7.11 Å². The fourth-order valence-electron chi connectivity index (χ4n) is 3.49. The summed E-state index contributed by atoms with van der Waals surface area (Å²) in [6.07, 6.45) is 1.78. The molecule has 10 heteroatoms. The molecule has 0 saturated carbocycles. The van der Waals surface area contributed by atoms with E-state index in [2.05, 4.69) is 10.3 Å². The molecular formula is C24H30Cl2N2O6. The number of aromatic nitrogens is 1. The van der Waals surface area contributed by atoms with Crippen LogP contribution in [-0.4, -0.2) is 47.3 Å². The number of benzene rings is 1. The summed E-state index contributed by atoms with van der Waals surface area (Å²) in [6.45, 7) is 7.26. The average molecular weight is 513 g/mol. The molecule has 1 heterocycles. The lowest BCUT2D eigenvalue weighted by atomic mass is 9.93. The van der Waals surface area contributed by atoms with Gasteiger partial charge in [0.2, 0.25) is 0 Å². The summed E-state index contributed by atoms with van der Waals surface area (Å²) in [5.74, 6) is -1.21. The van der Waals surface area contributed by atoms with Gasteiger partial charge in [0.05, 0.1) is 12.1 Å². The number of amides is 1. The molecule has 34 heavy (non-hydrogen) atoms. The van der Waals surface area contributed by atoms with Crippen molar-refractivity contribution in [3.8, 4) is 17.2 Å². The van der Waals surface area contributed by atoms with Crippen LogP contribution in [0.5, 0.6) is 17.2 Å². The van der Waals surface area contributed by atoms with Gasteiger partial charge in [-0.2, -0.15) is 0 Å². The van der Waals surface area contributed by atoms with Crippen LogP contribution in [0.2, 0.25) is 10.0 Å². The molecule has 3 atom stereocenters. The van der Waals surface area contributed by atoms with Crippen molar-refractivity contribution in [3.63, 3.8) is 0 Å². The van der Waals surface area contributed by atoms with Crippen molar-refractivity contribution in [1.82, 2.24) is 10.3 Å². The molecule has 0 aliphatic carbocycles. The molecule has 0 bridgehead atoms. The number of hydrogen-bond acceptors (Lipinski definition) is 7. The number of halogens is 2. The third-order valence-electron chi connectivity index (χ3n) is 5.46. The number of carbonyl (C=O) groups is 2. The van der Waals surface area contributed by atoms with E-state index < -0.39 is 35.9 Å². The van der Waals surface area contributed by atoms with E-state index in [0.29, 0.717) is 15.8 Å². The van der Waals surface area contributed by atoms with Gasteiger partial charge >= 0.3 is 5.97 Å². The van der Waals surface area contributed by atoms with Gasteiger partial charge < -0.3 is 24.6 Å². The minimum absolute atomic E-state index is 0.0809. The number of ether oxygens (including phenoxy) is 3. The Morgan fingerprint density at radius 1 is 1.12 bits per heavy atom. The molecule has 8 nitrogen and oxygen atoms in total. The summed E-state index contributed by atoms with van der Waals surface area (Å²) in [5.41, 5.74) is -0.261. The van der Waals surface area contributed by atoms with E-state index in [1.807, 2.05) is 13.8 Å². The second kappa shape index (κ2) is 12.7. The number of carbonyl (C=O) groups excluding carboxylic acids is 2. The zero-order valence-corrected chi connectivity index (χ0v) is 21.3. The molecule has 1 aromatic heterocycles. The highest BCUT2D eigenvalue weighted by Crippen LogP contribution is 2.32. The van der Waals surface area contributed by atoms with Gasteiger partial charge in [0.1, 0.15) is 24.0 Å². The molecule has 2 aromatic rings. The van der Waals surface area contributed by atoms with Gasteiger partial charge in [-0.3, -0.25) is 4.79 Å². The average Bonchev–Trinajstić information content (AvgIpc) is 2.80. The predicted molar refractivity (Wildman–Crippen MR) is 130 cm³/mol. The first kappa shape index (κ1) is 27.5.